The standard InChI is InChI=1S/C22H38N4O3/c1-4-23-22(24-10-5-13-28-17-16-27-3)25-18-21(26-11-14-29-15-12-26)20-8-6-19(2)7-9-20/h6-9,21H,4-5,10-18H2,1-3H3,(H2,23,24,25). The van der Waals surface area contributed by atoms with Crippen molar-refractivity contribution < 1.29 is 14.2 Å². The number of nitrogens with one attached hydrogen (secondary N) is 2. The number of aliphatic imine (C=N–C) groups is 1. The van der Waals surface area contributed by atoms with Crippen LogP contribution in [-0.2, 0) is 14.2 Å². The molecule has 0 radical (unpaired) electrons. The molecule has 0 aliphatic carbocycles. The second kappa shape index (κ2) is 14.3. The molecule has 1 aliphatic heterocycles. The van der Waals surface area contributed by atoms with Gasteiger partial charge in [0.25, 0.3) is 0 Å². The molecule has 1 heterocycles. The summed E-state index contributed by atoms with van der Waals surface area (Å²) >= 11 is 0. The van der Waals surface area contributed by atoms with E-state index >= 15 is 0 Å². The molecule has 0 aromatic heterocycles. The molecule has 2 N–H and O–H groups in total. The normalized spacial score (nSPS) is 16.6. The average molecular weight is 407 g/mol. The lowest BCUT2D eigenvalue weighted by atomic mass is 10.0. The summed E-state index contributed by atoms with van der Waals surface area (Å²) in [5.41, 5.74) is 2.59. The summed E-state index contributed by atoms with van der Waals surface area (Å²) in [7, 11) is 1.69. The predicted octanol–water partition coefficient (Wildman–Crippen LogP) is 1.98. The molecular formula is C22H38N4O3. The van der Waals surface area contributed by atoms with E-state index < -0.39 is 0 Å². The highest BCUT2D eigenvalue weighted by Gasteiger charge is 2.22. The first kappa shape index (κ1) is 23.6. The van der Waals surface area contributed by atoms with Crippen molar-refractivity contribution in [3.63, 3.8) is 0 Å². The molecule has 7 heteroatoms. The van der Waals surface area contributed by atoms with E-state index in [0.717, 1.165) is 58.4 Å². The molecule has 2 rings (SSSR count). The summed E-state index contributed by atoms with van der Waals surface area (Å²) < 4.78 is 16.0. The fourth-order valence-electron chi connectivity index (χ4n) is 3.25. The number of rotatable bonds is 12. The van der Waals surface area contributed by atoms with Gasteiger partial charge in [0, 0.05) is 39.9 Å². The van der Waals surface area contributed by atoms with Crippen LogP contribution in [0.5, 0.6) is 0 Å². The van der Waals surface area contributed by atoms with Crippen LogP contribution in [0.3, 0.4) is 0 Å². The van der Waals surface area contributed by atoms with Crippen LogP contribution in [0.1, 0.15) is 30.5 Å². The first-order chi connectivity index (χ1) is 14.2. The van der Waals surface area contributed by atoms with Gasteiger partial charge in [-0.3, -0.25) is 9.89 Å². The largest absolute Gasteiger partial charge is 0.382 e. The van der Waals surface area contributed by atoms with E-state index in [1.54, 1.807) is 7.11 Å². The second-order valence-electron chi connectivity index (χ2n) is 7.18. The fraction of sp³-hybridized carbons (Fsp3) is 0.682. The Morgan fingerprint density at radius 1 is 1.14 bits per heavy atom. The molecule has 1 aliphatic rings. The Kier molecular flexibility index (Phi) is 11.7. The minimum absolute atomic E-state index is 0.257. The molecule has 1 unspecified atom stereocenters. The van der Waals surface area contributed by atoms with Crippen LogP contribution in [0.25, 0.3) is 0 Å². The molecular weight excluding hydrogens is 368 g/mol. The van der Waals surface area contributed by atoms with Crippen LogP contribution in [-0.4, -0.2) is 83.7 Å². The first-order valence-corrected chi connectivity index (χ1v) is 10.7. The molecule has 0 spiro atoms. The maximum Gasteiger partial charge on any atom is 0.191 e. The Morgan fingerprint density at radius 2 is 1.90 bits per heavy atom. The highest BCUT2D eigenvalue weighted by atomic mass is 16.5. The lowest BCUT2D eigenvalue weighted by Crippen LogP contribution is -2.42. The van der Waals surface area contributed by atoms with Crippen molar-refractivity contribution in [1.29, 1.82) is 0 Å². The summed E-state index contributed by atoms with van der Waals surface area (Å²) in [6.45, 7) is 12.0. The molecule has 1 aromatic rings. The Hall–Kier alpha value is -1.67. The number of hydrogen-bond acceptors (Lipinski definition) is 5. The highest BCUT2D eigenvalue weighted by molar-refractivity contribution is 5.79. The Labute approximate surface area is 175 Å². The number of benzene rings is 1. The van der Waals surface area contributed by atoms with Gasteiger partial charge in [0.2, 0.25) is 0 Å². The van der Waals surface area contributed by atoms with E-state index in [0.29, 0.717) is 19.8 Å². The lowest BCUT2D eigenvalue weighted by molar-refractivity contribution is 0.0179. The van der Waals surface area contributed by atoms with E-state index in [2.05, 4.69) is 53.6 Å². The molecule has 1 atom stereocenters. The number of nitrogens with zero attached hydrogens (tertiary/aromatic N) is 2. The fourth-order valence-corrected chi connectivity index (χ4v) is 3.25. The van der Waals surface area contributed by atoms with Crippen LogP contribution in [0.2, 0.25) is 0 Å². The maximum atomic E-state index is 5.55. The van der Waals surface area contributed by atoms with Gasteiger partial charge in [-0.2, -0.15) is 0 Å². The average Bonchev–Trinajstić information content (AvgIpc) is 2.75. The number of morpholine rings is 1. The molecule has 0 amide bonds. The molecule has 29 heavy (non-hydrogen) atoms. The topological polar surface area (TPSA) is 67.4 Å². The van der Waals surface area contributed by atoms with Gasteiger partial charge in [-0.25, -0.2) is 0 Å². The van der Waals surface area contributed by atoms with Gasteiger partial charge in [-0.15, -0.1) is 0 Å². The number of aryl methyl sites for hydroxylation is 1. The van der Waals surface area contributed by atoms with Crippen molar-refractivity contribution in [1.82, 2.24) is 15.5 Å². The van der Waals surface area contributed by atoms with Crippen LogP contribution in [0, 0.1) is 6.92 Å². The van der Waals surface area contributed by atoms with Crippen molar-refractivity contribution in [2.45, 2.75) is 26.3 Å². The monoisotopic (exact) mass is 406 g/mol. The third-order valence-electron chi connectivity index (χ3n) is 4.90. The molecule has 7 nitrogen and oxygen atoms in total. The zero-order valence-electron chi connectivity index (χ0n) is 18.3. The lowest BCUT2D eigenvalue weighted by Gasteiger charge is -2.34. The Morgan fingerprint density at radius 3 is 2.59 bits per heavy atom. The zero-order valence-corrected chi connectivity index (χ0v) is 18.3. The molecule has 1 aromatic carbocycles. The van der Waals surface area contributed by atoms with Crippen molar-refractivity contribution in [2.75, 3.05) is 72.9 Å². The van der Waals surface area contributed by atoms with Gasteiger partial charge in [-0.1, -0.05) is 29.8 Å². The van der Waals surface area contributed by atoms with Gasteiger partial charge >= 0.3 is 0 Å². The predicted molar refractivity (Wildman–Crippen MR) is 118 cm³/mol. The Bertz CT molecular complexity index is 574. The summed E-state index contributed by atoms with van der Waals surface area (Å²) in [6.07, 6.45) is 0.930. The molecule has 1 fully saturated rings. The molecule has 0 saturated carbocycles. The van der Waals surface area contributed by atoms with Gasteiger partial charge in [0.1, 0.15) is 0 Å². The summed E-state index contributed by atoms with van der Waals surface area (Å²) in [6, 6.07) is 9.07. The summed E-state index contributed by atoms with van der Waals surface area (Å²) in [5.74, 6) is 0.856. The Balaban J connectivity index is 1.92. The zero-order chi connectivity index (χ0) is 20.7. The van der Waals surface area contributed by atoms with Gasteiger partial charge < -0.3 is 24.8 Å². The minimum atomic E-state index is 0.257. The second-order valence-corrected chi connectivity index (χ2v) is 7.18. The van der Waals surface area contributed by atoms with E-state index in [1.165, 1.54) is 11.1 Å². The van der Waals surface area contributed by atoms with Crippen molar-refractivity contribution >= 4 is 5.96 Å². The van der Waals surface area contributed by atoms with E-state index in [4.69, 9.17) is 19.2 Å². The van der Waals surface area contributed by atoms with Crippen LogP contribution < -0.4 is 10.6 Å². The van der Waals surface area contributed by atoms with Crippen molar-refractivity contribution in [2.24, 2.45) is 4.99 Å². The van der Waals surface area contributed by atoms with Gasteiger partial charge in [0.05, 0.1) is 39.0 Å². The van der Waals surface area contributed by atoms with Crippen molar-refractivity contribution in [3.8, 4) is 0 Å². The summed E-state index contributed by atoms with van der Waals surface area (Å²) in [5, 5.41) is 6.76. The minimum Gasteiger partial charge on any atom is -0.382 e. The number of guanidine groups is 1. The molecule has 164 valence electrons. The van der Waals surface area contributed by atoms with Crippen LogP contribution in [0.15, 0.2) is 29.3 Å². The van der Waals surface area contributed by atoms with Crippen molar-refractivity contribution in [3.05, 3.63) is 35.4 Å². The first-order valence-electron chi connectivity index (χ1n) is 10.7. The van der Waals surface area contributed by atoms with E-state index in [9.17, 15) is 0 Å². The number of methoxy groups -OCH3 is 1. The van der Waals surface area contributed by atoms with Crippen LogP contribution in [0.4, 0.5) is 0 Å². The molecule has 1 saturated heterocycles. The summed E-state index contributed by atoms with van der Waals surface area (Å²) in [4.78, 5) is 7.36. The van der Waals surface area contributed by atoms with Crippen LogP contribution >= 0.6 is 0 Å². The van der Waals surface area contributed by atoms with E-state index in [1.807, 2.05) is 0 Å². The SMILES string of the molecule is CCNC(=NCC(c1ccc(C)cc1)N1CCOCC1)NCCCOCCOC. The molecule has 0 bridgehead atoms. The van der Waals surface area contributed by atoms with Gasteiger partial charge in [0.15, 0.2) is 5.96 Å². The third-order valence-corrected chi connectivity index (χ3v) is 4.90. The number of hydrogen-bond donors (Lipinski definition) is 2. The number of ether oxygens (including phenoxy) is 3. The third kappa shape index (κ3) is 9.12. The maximum absolute atomic E-state index is 5.55. The quantitative estimate of drug-likeness (QED) is 0.314. The van der Waals surface area contributed by atoms with E-state index in [-0.39, 0.29) is 6.04 Å². The van der Waals surface area contributed by atoms with Gasteiger partial charge in [-0.05, 0) is 25.8 Å². The highest BCUT2D eigenvalue weighted by Crippen LogP contribution is 2.22. The smallest absolute Gasteiger partial charge is 0.191 e.